The van der Waals surface area contributed by atoms with E-state index in [-0.39, 0.29) is 22.9 Å². The molecule has 0 radical (unpaired) electrons. The molecule has 0 fully saturated rings. The first kappa shape index (κ1) is 16.1. The van der Waals surface area contributed by atoms with Gasteiger partial charge in [-0.05, 0) is 0 Å². The summed E-state index contributed by atoms with van der Waals surface area (Å²) in [7, 11) is 5.55. The predicted octanol–water partition coefficient (Wildman–Crippen LogP) is 0.265. The van der Waals surface area contributed by atoms with Crippen LogP contribution in [0.25, 0.3) is 0 Å². The molecule has 0 saturated heterocycles. The fourth-order valence-electron chi connectivity index (χ4n) is 1.03. The van der Waals surface area contributed by atoms with E-state index in [2.05, 4.69) is 5.32 Å². The van der Waals surface area contributed by atoms with Crippen LogP contribution in [0.3, 0.4) is 0 Å². The fourth-order valence-corrected chi connectivity index (χ4v) is 1.03. The number of benzene rings is 1. The topological polar surface area (TPSA) is 89.1 Å². The van der Waals surface area contributed by atoms with Crippen LogP contribution < -0.4 is 10.8 Å². The van der Waals surface area contributed by atoms with Gasteiger partial charge < -0.3 is 11.0 Å². The van der Waals surface area contributed by atoms with Crippen LogP contribution in [0.15, 0.2) is 24.3 Å². The van der Waals surface area contributed by atoms with Crippen molar-refractivity contribution in [2.24, 2.45) is 0 Å². The number of nitrogens with one attached hydrogen (secondary N) is 1. The molecule has 0 bridgehead atoms. The molecule has 80 valence electrons. The molecule has 0 aliphatic rings. The van der Waals surface area contributed by atoms with Crippen LogP contribution in [0.4, 0.5) is 0 Å². The van der Waals surface area contributed by atoms with Gasteiger partial charge in [0.2, 0.25) is 0 Å². The van der Waals surface area contributed by atoms with E-state index in [0.29, 0.717) is 11.0 Å². The summed E-state index contributed by atoms with van der Waals surface area (Å²) in [4.78, 5) is 11.4. The third-order valence-corrected chi connectivity index (χ3v) is 1.57. The van der Waals surface area contributed by atoms with Gasteiger partial charge in [0.15, 0.2) is 0 Å². The second-order valence-corrected chi connectivity index (χ2v) is 3.25. The summed E-state index contributed by atoms with van der Waals surface area (Å²) < 4.78 is 0. The van der Waals surface area contributed by atoms with E-state index >= 15 is 0 Å². The van der Waals surface area contributed by atoms with Crippen LogP contribution in [0.2, 0.25) is 0 Å². The van der Waals surface area contributed by atoms with Crippen molar-refractivity contribution in [1.82, 2.24) is 5.32 Å². The van der Waals surface area contributed by atoms with Gasteiger partial charge in [0.05, 0.1) is 0 Å². The van der Waals surface area contributed by atoms with Crippen LogP contribution in [-0.2, 0) is 0 Å². The third kappa shape index (κ3) is 5.19. The summed E-state index contributed by atoms with van der Waals surface area (Å²) in [6.45, 7) is 3.84. The Balaban J connectivity index is 0. The van der Waals surface area contributed by atoms with E-state index in [1.807, 2.05) is 13.8 Å². The van der Waals surface area contributed by atoms with Crippen molar-refractivity contribution in [1.29, 1.82) is 0 Å². The Bertz CT molecular complexity index is 315. The third-order valence-electron chi connectivity index (χ3n) is 1.57. The predicted molar refractivity (Wildman–Crippen MR) is 58.3 cm³/mol. The molecule has 0 atom stereocenters. The van der Waals surface area contributed by atoms with Gasteiger partial charge in [-0.2, -0.15) is 0 Å². The molecule has 0 unspecified atom stereocenters. The SMILES string of the molecule is [B+2]c1cccc(C(=O)NC(C)C)c1.[OH-].[OH-]. The minimum Gasteiger partial charge on any atom is -0.870 e. The van der Waals surface area contributed by atoms with Crippen molar-refractivity contribution in [3.05, 3.63) is 29.8 Å². The maximum atomic E-state index is 11.4. The normalized spacial score (nSPS) is 8.87. The first-order chi connectivity index (χ1) is 6.09. The summed E-state index contributed by atoms with van der Waals surface area (Å²) in [5.74, 6) is -0.0812. The molecule has 4 nitrogen and oxygen atoms in total. The molecule has 0 spiro atoms. The maximum absolute atomic E-state index is 11.4. The van der Waals surface area contributed by atoms with E-state index < -0.39 is 0 Å². The second-order valence-electron chi connectivity index (χ2n) is 3.25. The molecule has 15 heavy (non-hydrogen) atoms. The Morgan fingerprint density at radius 3 is 2.40 bits per heavy atom. The van der Waals surface area contributed by atoms with Crippen molar-refractivity contribution in [3.63, 3.8) is 0 Å². The Labute approximate surface area is 90.7 Å². The summed E-state index contributed by atoms with van der Waals surface area (Å²) in [5, 5.41) is 2.79. The zero-order chi connectivity index (χ0) is 9.84. The Morgan fingerprint density at radius 2 is 1.93 bits per heavy atom. The maximum Gasteiger partial charge on any atom is -0.870 e. The van der Waals surface area contributed by atoms with E-state index in [9.17, 15) is 4.79 Å². The summed E-state index contributed by atoms with van der Waals surface area (Å²) in [6.07, 6.45) is 0. The number of amides is 1. The van der Waals surface area contributed by atoms with Crippen LogP contribution in [0.5, 0.6) is 0 Å². The molecule has 0 aliphatic heterocycles. The molecule has 0 heterocycles. The molecule has 5 heteroatoms. The van der Waals surface area contributed by atoms with E-state index in [1.165, 1.54) is 0 Å². The number of hydrogen-bond donors (Lipinski definition) is 1. The monoisotopic (exact) mass is 207 g/mol. The standard InChI is InChI=1S/C10H12BNO.2H2O/c1-7(2)12-10(13)8-4-3-5-9(11)6-8;;/h3-7H,1-2H3,(H,12,13);2*1H2/q+2;;/p-2. The number of carbonyl (C=O) groups is 1. The molecular formula is C10H14BNO3. The summed E-state index contributed by atoms with van der Waals surface area (Å²) in [5.41, 5.74) is 1.21. The van der Waals surface area contributed by atoms with Gasteiger partial charge in [-0.1, -0.05) is 0 Å². The quantitative estimate of drug-likeness (QED) is 0.705. The first-order valence-corrected chi connectivity index (χ1v) is 4.26. The van der Waals surface area contributed by atoms with Crippen molar-refractivity contribution >= 4 is 19.2 Å². The van der Waals surface area contributed by atoms with Gasteiger partial charge in [-0.3, -0.25) is 0 Å². The van der Waals surface area contributed by atoms with Crippen LogP contribution in [0.1, 0.15) is 24.2 Å². The van der Waals surface area contributed by atoms with Crippen molar-refractivity contribution in [3.8, 4) is 0 Å². The minimum absolute atomic E-state index is 0. The largest absolute Gasteiger partial charge is 0.870 e. The van der Waals surface area contributed by atoms with Gasteiger partial charge in [-0.15, -0.1) is 0 Å². The molecule has 0 saturated carbocycles. The Hall–Kier alpha value is -1.33. The van der Waals surface area contributed by atoms with Crippen molar-refractivity contribution in [2.75, 3.05) is 0 Å². The smallest absolute Gasteiger partial charge is 0.870 e. The van der Waals surface area contributed by atoms with Gasteiger partial charge in [0.1, 0.15) is 0 Å². The van der Waals surface area contributed by atoms with Gasteiger partial charge in [-0.25, -0.2) is 0 Å². The molecular weight excluding hydrogens is 193 g/mol. The first-order valence-electron chi connectivity index (χ1n) is 4.26. The molecule has 3 N–H and O–H groups in total. The Morgan fingerprint density at radius 1 is 1.33 bits per heavy atom. The number of hydrogen-bond acceptors (Lipinski definition) is 3. The van der Waals surface area contributed by atoms with E-state index in [0.717, 1.165) is 0 Å². The van der Waals surface area contributed by atoms with Gasteiger partial charge in [0, 0.05) is 0 Å². The molecule has 0 aliphatic carbocycles. The van der Waals surface area contributed by atoms with Crippen LogP contribution >= 0.6 is 0 Å². The zero-order valence-corrected chi connectivity index (χ0v) is 8.77. The fraction of sp³-hybridized carbons (Fsp3) is 0.300. The van der Waals surface area contributed by atoms with Crippen LogP contribution in [0, 0.1) is 0 Å². The van der Waals surface area contributed by atoms with Crippen molar-refractivity contribution in [2.45, 2.75) is 19.9 Å². The molecule has 1 aromatic rings. The molecule has 0 aromatic heterocycles. The molecule has 1 rings (SSSR count). The summed E-state index contributed by atoms with van der Waals surface area (Å²) >= 11 is 0. The van der Waals surface area contributed by atoms with Gasteiger partial charge >= 0.3 is 79.0 Å². The second kappa shape index (κ2) is 7.03. The zero-order valence-electron chi connectivity index (χ0n) is 8.77. The average Bonchev–Trinajstić information content (AvgIpc) is 2.03. The minimum atomic E-state index is -0.0812. The molecule has 1 aromatic carbocycles. The van der Waals surface area contributed by atoms with Crippen molar-refractivity contribution < 1.29 is 15.7 Å². The van der Waals surface area contributed by atoms with E-state index in [4.69, 9.17) is 7.85 Å². The van der Waals surface area contributed by atoms with Crippen LogP contribution in [-0.4, -0.2) is 30.7 Å². The number of carbonyl (C=O) groups excluding carboxylic acids is 1. The average molecular weight is 207 g/mol. The molecule has 1 amide bonds. The Kier molecular flexibility index (Phi) is 7.56. The van der Waals surface area contributed by atoms with Gasteiger partial charge in [0.25, 0.3) is 0 Å². The summed E-state index contributed by atoms with van der Waals surface area (Å²) in [6, 6.07) is 7.08. The van der Waals surface area contributed by atoms with E-state index in [1.54, 1.807) is 24.3 Å². The number of rotatable bonds is 2.